The lowest BCUT2D eigenvalue weighted by atomic mass is 10.1. The minimum Gasteiger partial charge on any atom is -0.325 e. The number of hydrogen-bond acceptors (Lipinski definition) is 4. The zero-order chi connectivity index (χ0) is 20.5. The topological polar surface area (TPSA) is 101 Å². The molecule has 0 aromatic heterocycles. The molecule has 10 heteroatoms. The van der Waals surface area contributed by atoms with Gasteiger partial charge in [-0.3, -0.25) is 19.7 Å². The summed E-state index contributed by atoms with van der Waals surface area (Å²) >= 11 is 0. The van der Waals surface area contributed by atoms with E-state index in [1.54, 1.807) is 6.07 Å². The van der Waals surface area contributed by atoms with Crippen molar-refractivity contribution in [3.05, 3.63) is 69.8 Å². The quantitative estimate of drug-likeness (QED) is 0.599. The number of carbonyl (C=O) groups is 2. The van der Waals surface area contributed by atoms with E-state index in [4.69, 9.17) is 0 Å². The highest BCUT2D eigenvalue weighted by Gasteiger charge is 2.53. The molecule has 1 aliphatic rings. The Morgan fingerprint density at radius 3 is 2.43 bits per heavy atom. The number of hydrogen-bond donors (Lipinski definition) is 2. The molecule has 2 aromatic rings. The van der Waals surface area contributed by atoms with E-state index in [9.17, 15) is 32.9 Å². The third-order valence-corrected chi connectivity index (χ3v) is 4.24. The number of anilines is 2. The van der Waals surface area contributed by atoms with Crippen LogP contribution in [0.1, 0.15) is 22.3 Å². The Bertz CT molecular complexity index is 946. The van der Waals surface area contributed by atoms with Crippen LogP contribution in [-0.4, -0.2) is 22.8 Å². The lowest BCUT2D eigenvalue weighted by Gasteiger charge is -2.12. The first-order valence-electron chi connectivity index (χ1n) is 8.19. The van der Waals surface area contributed by atoms with Gasteiger partial charge in [0.1, 0.15) is 5.92 Å². The van der Waals surface area contributed by atoms with Crippen molar-refractivity contribution in [3.8, 4) is 0 Å². The van der Waals surface area contributed by atoms with Gasteiger partial charge in [0.15, 0.2) is 0 Å². The van der Waals surface area contributed by atoms with E-state index >= 15 is 0 Å². The van der Waals surface area contributed by atoms with Crippen molar-refractivity contribution in [1.82, 2.24) is 0 Å². The molecule has 2 aromatic carbocycles. The molecule has 2 atom stereocenters. The van der Waals surface area contributed by atoms with Gasteiger partial charge >= 0.3 is 6.18 Å². The van der Waals surface area contributed by atoms with Crippen LogP contribution in [0.4, 0.5) is 24.5 Å². The Morgan fingerprint density at radius 2 is 1.79 bits per heavy atom. The van der Waals surface area contributed by atoms with Crippen molar-refractivity contribution in [2.24, 2.45) is 5.92 Å². The molecule has 146 valence electrons. The Balaban J connectivity index is 1.75. The number of para-hydroxylation sites is 1. The standard InChI is InChI=1S/C18H14F3N3O4/c19-18(20,21)10-4-3-5-11(8-10)22-16(25)12-6-1-2-7-14(12)23-17(26)13-9-15(13)24(27)28/h1-8,13,15H,9H2,(H,22,25)(H,23,26). The summed E-state index contributed by atoms with van der Waals surface area (Å²) in [7, 11) is 0. The summed E-state index contributed by atoms with van der Waals surface area (Å²) < 4.78 is 38.4. The molecule has 0 radical (unpaired) electrons. The maximum Gasteiger partial charge on any atom is 0.416 e. The minimum atomic E-state index is -4.55. The van der Waals surface area contributed by atoms with Gasteiger partial charge in [-0.05, 0) is 30.3 Å². The molecular weight excluding hydrogens is 379 g/mol. The van der Waals surface area contributed by atoms with Crippen LogP contribution < -0.4 is 10.6 Å². The Kier molecular flexibility index (Phi) is 5.04. The van der Waals surface area contributed by atoms with Gasteiger partial charge in [-0.15, -0.1) is 0 Å². The summed E-state index contributed by atoms with van der Waals surface area (Å²) in [4.78, 5) is 34.7. The molecule has 0 aliphatic heterocycles. The average molecular weight is 393 g/mol. The van der Waals surface area contributed by atoms with Crippen molar-refractivity contribution in [2.45, 2.75) is 18.6 Å². The van der Waals surface area contributed by atoms with E-state index in [1.165, 1.54) is 24.3 Å². The van der Waals surface area contributed by atoms with E-state index in [0.29, 0.717) is 0 Å². The van der Waals surface area contributed by atoms with E-state index in [-0.39, 0.29) is 23.4 Å². The average Bonchev–Trinajstić information content (AvgIpc) is 3.43. The fourth-order valence-electron chi connectivity index (χ4n) is 2.68. The van der Waals surface area contributed by atoms with E-state index in [0.717, 1.165) is 18.2 Å². The molecule has 7 nitrogen and oxygen atoms in total. The first-order valence-corrected chi connectivity index (χ1v) is 8.19. The summed E-state index contributed by atoms with van der Waals surface area (Å²) in [5, 5.41) is 15.5. The monoisotopic (exact) mass is 393 g/mol. The van der Waals surface area contributed by atoms with Crippen molar-refractivity contribution in [1.29, 1.82) is 0 Å². The highest BCUT2D eigenvalue weighted by atomic mass is 19.4. The lowest BCUT2D eigenvalue weighted by molar-refractivity contribution is -0.497. The second kappa shape index (κ2) is 7.29. The first kappa shape index (κ1) is 19.3. The molecule has 1 fully saturated rings. The van der Waals surface area contributed by atoms with Crippen LogP contribution >= 0.6 is 0 Å². The predicted molar refractivity (Wildman–Crippen MR) is 93.4 cm³/mol. The molecule has 2 amide bonds. The second-order valence-corrected chi connectivity index (χ2v) is 6.26. The maximum absolute atomic E-state index is 12.8. The van der Waals surface area contributed by atoms with Crippen molar-refractivity contribution >= 4 is 23.2 Å². The van der Waals surface area contributed by atoms with Crippen LogP contribution in [0.2, 0.25) is 0 Å². The zero-order valence-electron chi connectivity index (χ0n) is 14.2. The number of nitro groups is 1. The van der Waals surface area contributed by atoms with E-state index < -0.39 is 40.4 Å². The largest absolute Gasteiger partial charge is 0.416 e. The predicted octanol–water partition coefficient (Wildman–Crippen LogP) is 3.56. The van der Waals surface area contributed by atoms with E-state index in [2.05, 4.69) is 10.6 Å². The normalized spacial score (nSPS) is 18.2. The third kappa shape index (κ3) is 4.27. The van der Waals surface area contributed by atoms with E-state index in [1.807, 2.05) is 0 Å². The van der Waals surface area contributed by atoms with Crippen LogP contribution in [0.25, 0.3) is 0 Å². The second-order valence-electron chi connectivity index (χ2n) is 6.26. The van der Waals surface area contributed by atoms with Crippen LogP contribution in [0.5, 0.6) is 0 Å². The number of nitrogens with zero attached hydrogens (tertiary/aromatic N) is 1. The van der Waals surface area contributed by atoms with Crippen molar-refractivity contribution in [2.75, 3.05) is 10.6 Å². The van der Waals surface area contributed by atoms with Crippen LogP contribution in [0.15, 0.2) is 48.5 Å². The van der Waals surface area contributed by atoms with Gasteiger partial charge < -0.3 is 10.6 Å². The molecule has 2 N–H and O–H groups in total. The zero-order valence-corrected chi connectivity index (χ0v) is 14.2. The van der Waals surface area contributed by atoms with Gasteiger partial charge in [-0.25, -0.2) is 0 Å². The van der Waals surface area contributed by atoms with Gasteiger partial charge in [0.25, 0.3) is 5.91 Å². The van der Waals surface area contributed by atoms with Crippen LogP contribution in [-0.2, 0) is 11.0 Å². The Hall–Kier alpha value is -3.43. The number of benzene rings is 2. The summed E-state index contributed by atoms with van der Waals surface area (Å²) in [6.07, 6.45) is -4.43. The maximum atomic E-state index is 12.8. The summed E-state index contributed by atoms with van der Waals surface area (Å²) in [5.74, 6) is -2.08. The SMILES string of the molecule is O=C(Nc1cccc(C(F)(F)F)c1)c1ccccc1NC(=O)C1CC1[N+](=O)[O-]. The van der Waals surface area contributed by atoms with Gasteiger partial charge in [0, 0.05) is 17.0 Å². The van der Waals surface area contributed by atoms with Gasteiger partial charge in [0.05, 0.1) is 16.8 Å². The Labute approximate surface area is 156 Å². The third-order valence-electron chi connectivity index (χ3n) is 4.24. The molecular formula is C18H14F3N3O4. The number of alkyl halides is 3. The van der Waals surface area contributed by atoms with Crippen LogP contribution in [0, 0.1) is 16.0 Å². The first-order chi connectivity index (χ1) is 13.2. The number of halogens is 3. The summed E-state index contributed by atoms with van der Waals surface area (Å²) in [6.45, 7) is 0. The molecule has 1 saturated carbocycles. The molecule has 2 unspecified atom stereocenters. The molecule has 1 aliphatic carbocycles. The van der Waals surface area contributed by atoms with Crippen molar-refractivity contribution in [3.63, 3.8) is 0 Å². The molecule has 3 rings (SSSR count). The van der Waals surface area contributed by atoms with Crippen molar-refractivity contribution < 1.29 is 27.7 Å². The molecule has 0 saturated heterocycles. The smallest absolute Gasteiger partial charge is 0.325 e. The highest BCUT2D eigenvalue weighted by molar-refractivity contribution is 6.10. The number of amides is 2. The molecule has 0 spiro atoms. The van der Waals surface area contributed by atoms with Gasteiger partial charge in [-0.1, -0.05) is 18.2 Å². The number of rotatable bonds is 5. The molecule has 0 heterocycles. The minimum absolute atomic E-state index is 0.0200. The Morgan fingerprint density at radius 1 is 1.07 bits per heavy atom. The summed E-state index contributed by atoms with van der Waals surface area (Å²) in [6, 6.07) is 9.10. The van der Waals surface area contributed by atoms with Crippen LogP contribution in [0.3, 0.4) is 0 Å². The fraction of sp³-hybridized carbons (Fsp3) is 0.222. The highest BCUT2D eigenvalue weighted by Crippen LogP contribution is 2.34. The number of carbonyl (C=O) groups excluding carboxylic acids is 2. The molecule has 0 bridgehead atoms. The van der Waals surface area contributed by atoms with Gasteiger partial charge in [0.2, 0.25) is 11.9 Å². The lowest BCUT2D eigenvalue weighted by Crippen LogP contribution is -2.21. The fourth-order valence-corrected chi connectivity index (χ4v) is 2.68. The number of nitrogens with one attached hydrogen (secondary N) is 2. The summed E-state index contributed by atoms with van der Waals surface area (Å²) in [5.41, 5.74) is -0.833. The molecule has 28 heavy (non-hydrogen) atoms. The van der Waals surface area contributed by atoms with Gasteiger partial charge in [-0.2, -0.15) is 13.2 Å².